The van der Waals surface area contributed by atoms with E-state index in [4.69, 9.17) is 0 Å². The molecule has 2 amide bonds. The smallest absolute Gasteiger partial charge is 0.244 e. The van der Waals surface area contributed by atoms with Crippen molar-refractivity contribution in [2.24, 2.45) is 0 Å². The van der Waals surface area contributed by atoms with E-state index in [-0.39, 0.29) is 22.7 Å². The molecule has 2 atom stereocenters. The monoisotopic (exact) mass is 329 g/mol. The van der Waals surface area contributed by atoms with E-state index in [2.05, 4.69) is 17.2 Å². The Balaban J connectivity index is 1.45. The van der Waals surface area contributed by atoms with Crippen molar-refractivity contribution in [1.82, 2.24) is 15.2 Å². The predicted molar refractivity (Wildman–Crippen MR) is 90.9 cm³/mol. The van der Waals surface area contributed by atoms with E-state index in [1.54, 1.807) is 16.7 Å². The second-order valence-corrected chi connectivity index (χ2v) is 7.87. The van der Waals surface area contributed by atoms with Crippen LogP contribution in [0.3, 0.4) is 0 Å². The fourth-order valence-corrected chi connectivity index (χ4v) is 4.98. The Morgan fingerprint density at radius 2 is 2.30 bits per heavy atom. The van der Waals surface area contributed by atoms with E-state index in [1.165, 1.54) is 0 Å². The number of aromatic nitrogens is 1. The highest BCUT2D eigenvalue weighted by Crippen LogP contribution is 2.47. The molecule has 23 heavy (non-hydrogen) atoms. The van der Waals surface area contributed by atoms with Gasteiger partial charge in [0.25, 0.3) is 0 Å². The number of H-pyrrole nitrogens is 1. The first-order valence-electron chi connectivity index (χ1n) is 7.87. The summed E-state index contributed by atoms with van der Waals surface area (Å²) in [5.74, 6) is 0.722. The summed E-state index contributed by atoms with van der Waals surface area (Å²) in [7, 11) is 0. The topological polar surface area (TPSA) is 65.2 Å². The Morgan fingerprint density at radius 1 is 1.48 bits per heavy atom. The Bertz CT molecular complexity index is 754. The molecule has 0 saturated carbocycles. The van der Waals surface area contributed by atoms with Gasteiger partial charge in [0.15, 0.2) is 0 Å². The molecular formula is C17H19N3O2S. The second kappa shape index (κ2) is 5.30. The molecule has 5 nitrogen and oxygen atoms in total. The lowest BCUT2D eigenvalue weighted by Gasteiger charge is -2.29. The summed E-state index contributed by atoms with van der Waals surface area (Å²) < 4.78 is 0. The number of para-hydroxylation sites is 1. The molecule has 0 radical (unpaired) electrons. The lowest BCUT2D eigenvalue weighted by atomic mass is 10.2. The lowest BCUT2D eigenvalue weighted by molar-refractivity contribution is -0.138. The zero-order valence-corrected chi connectivity index (χ0v) is 13.8. The maximum atomic E-state index is 12.5. The van der Waals surface area contributed by atoms with Crippen LogP contribution in [0.25, 0.3) is 10.9 Å². The predicted octanol–water partition coefficient (Wildman–Crippen LogP) is 2.24. The van der Waals surface area contributed by atoms with Crippen molar-refractivity contribution >= 4 is 34.5 Å². The third-order valence-electron chi connectivity index (χ3n) is 4.79. The first-order chi connectivity index (χ1) is 11.1. The lowest BCUT2D eigenvalue weighted by Crippen LogP contribution is -2.49. The number of nitrogens with zero attached hydrogens (tertiary/aromatic N) is 1. The molecule has 3 heterocycles. The van der Waals surface area contributed by atoms with Crippen molar-refractivity contribution in [1.29, 1.82) is 0 Å². The quantitative estimate of drug-likeness (QED) is 0.908. The van der Waals surface area contributed by atoms with Gasteiger partial charge in [-0.1, -0.05) is 18.2 Å². The Labute approximate surface area is 138 Å². The molecule has 2 aromatic rings. The number of fused-ring (bicyclic) bond motifs is 2. The van der Waals surface area contributed by atoms with Gasteiger partial charge in [-0.3, -0.25) is 9.59 Å². The summed E-state index contributed by atoms with van der Waals surface area (Å²) in [5.41, 5.74) is 2.04. The third kappa shape index (κ3) is 2.41. The molecule has 0 spiro atoms. The Morgan fingerprint density at radius 3 is 3.13 bits per heavy atom. The molecule has 2 saturated heterocycles. The number of hydrogen-bond acceptors (Lipinski definition) is 3. The van der Waals surface area contributed by atoms with Crippen LogP contribution < -0.4 is 5.32 Å². The summed E-state index contributed by atoms with van der Waals surface area (Å²) in [4.78, 5) is 29.5. The van der Waals surface area contributed by atoms with E-state index in [0.29, 0.717) is 18.7 Å². The minimum atomic E-state index is -0.343. The van der Waals surface area contributed by atoms with Crippen LogP contribution >= 0.6 is 11.8 Å². The molecule has 2 aliphatic heterocycles. The molecule has 0 aliphatic carbocycles. The molecule has 2 N–H and O–H groups in total. The average molecular weight is 329 g/mol. The van der Waals surface area contributed by atoms with Crippen molar-refractivity contribution in [3.8, 4) is 0 Å². The standard InChI is InChI=1S/C17H19N3O2S/c1-17-7-6-15(21)20(17)14(10-23-17)16(22)18-9-12-8-11-4-2-3-5-13(11)19-12/h2-5,8,14,19H,6-7,9-10H2,1H3,(H,18,22)/t14-,17+/m1/s1. The van der Waals surface area contributed by atoms with Gasteiger partial charge in [0, 0.05) is 23.4 Å². The molecular weight excluding hydrogens is 310 g/mol. The molecule has 6 heteroatoms. The van der Waals surface area contributed by atoms with E-state index < -0.39 is 0 Å². The van der Waals surface area contributed by atoms with Crippen molar-refractivity contribution in [2.75, 3.05) is 5.75 Å². The summed E-state index contributed by atoms with van der Waals surface area (Å²) >= 11 is 1.72. The normalized spacial score (nSPS) is 26.7. The van der Waals surface area contributed by atoms with Crippen LogP contribution in [0.2, 0.25) is 0 Å². The molecule has 0 unspecified atom stereocenters. The molecule has 0 bridgehead atoms. The summed E-state index contributed by atoms with van der Waals surface area (Å²) in [6.07, 6.45) is 1.39. The van der Waals surface area contributed by atoms with Crippen LogP contribution in [0.15, 0.2) is 30.3 Å². The highest BCUT2D eigenvalue weighted by molar-refractivity contribution is 8.01. The minimum absolute atomic E-state index is 0.0601. The van der Waals surface area contributed by atoms with Gasteiger partial charge in [0.2, 0.25) is 11.8 Å². The van der Waals surface area contributed by atoms with Gasteiger partial charge in [-0.25, -0.2) is 0 Å². The molecule has 120 valence electrons. The zero-order chi connectivity index (χ0) is 16.0. The van der Waals surface area contributed by atoms with Gasteiger partial charge in [0.1, 0.15) is 6.04 Å². The van der Waals surface area contributed by atoms with Crippen LogP contribution in [0.1, 0.15) is 25.5 Å². The van der Waals surface area contributed by atoms with Gasteiger partial charge in [-0.2, -0.15) is 0 Å². The van der Waals surface area contributed by atoms with E-state index in [0.717, 1.165) is 23.0 Å². The fourth-order valence-electron chi connectivity index (χ4n) is 3.54. The van der Waals surface area contributed by atoms with Gasteiger partial charge in [-0.15, -0.1) is 11.8 Å². The molecule has 4 rings (SSSR count). The van der Waals surface area contributed by atoms with Crippen molar-refractivity contribution in [3.05, 3.63) is 36.0 Å². The number of aromatic amines is 1. The molecule has 2 fully saturated rings. The van der Waals surface area contributed by atoms with Crippen LogP contribution in [0.4, 0.5) is 0 Å². The second-order valence-electron chi connectivity index (χ2n) is 6.37. The number of benzene rings is 1. The molecule has 2 aliphatic rings. The first kappa shape index (κ1) is 14.6. The fraction of sp³-hybridized carbons (Fsp3) is 0.412. The van der Waals surface area contributed by atoms with Crippen LogP contribution in [0, 0.1) is 0 Å². The number of rotatable bonds is 3. The Kier molecular flexibility index (Phi) is 3.37. The highest BCUT2D eigenvalue weighted by atomic mass is 32.2. The first-order valence-corrected chi connectivity index (χ1v) is 8.86. The number of nitrogens with one attached hydrogen (secondary N) is 2. The Hall–Kier alpha value is -1.95. The molecule has 1 aromatic carbocycles. The number of carbonyl (C=O) groups excluding carboxylic acids is 2. The minimum Gasteiger partial charge on any atom is -0.357 e. The number of amides is 2. The van der Waals surface area contributed by atoms with Gasteiger partial charge in [-0.05, 0) is 30.9 Å². The van der Waals surface area contributed by atoms with Gasteiger partial charge < -0.3 is 15.2 Å². The largest absolute Gasteiger partial charge is 0.357 e. The zero-order valence-electron chi connectivity index (χ0n) is 13.0. The van der Waals surface area contributed by atoms with Crippen LogP contribution in [0.5, 0.6) is 0 Å². The summed E-state index contributed by atoms with van der Waals surface area (Å²) in [5, 5.41) is 4.11. The van der Waals surface area contributed by atoms with Gasteiger partial charge >= 0.3 is 0 Å². The van der Waals surface area contributed by atoms with Crippen molar-refractivity contribution in [2.45, 2.75) is 37.2 Å². The number of hydrogen-bond donors (Lipinski definition) is 2. The average Bonchev–Trinajstić information content (AvgIpc) is 3.18. The van der Waals surface area contributed by atoms with E-state index >= 15 is 0 Å². The van der Waals surface area contributed by atoms with Crippen molar-refractivity contribution in [3.63, 3.8) is 0 Å². The number of thioether (sulfide) groups is 1. The van der Waals surface area contributed by atoms with Crippen molar-refractivity contribution < 1.29 is 9.59 Å². The maximum Gasteiger partial charge on any atom is 0.244 e. The number of carbonyl (C=O) groups is 2. The van der Waals surface area contributed by atoms with Gasteiger partial charge in [0.05, 0.1) is 11.4 Å². The summed E-state index contributed by atoms with van der Waals surface area (Å²) in [6.45, 7) is 2.51. The maximum absolute atomic E-state index is 12.5. The highest BCUT2D eigenvalue weighted by Gasteiger charge is 2.52. The van der Waals surface area contributed by atoms with Crippen LogP contribution in [-0.4, -0.2) is 38.4 Å². The molecule has 1 aromatic heterocycles. The van der Waals surface area contributed by atoms with E-state index in [1.807, 2.05) is 30.3 Å². The third-order valence-corrected chi connectivity index (χ3v) is 6.29. The SMILES string of the molecule is C[C@]12CCC(=O)N1[C@@H](C(=O)NCc1cc3ccccc3[nH]1)CS2. The summed E-state index contributed by atoms with van der Waals surface area (Å²) in [6, 6.07) is 9.74. The van der Waals surface area contributed by atoms with Crippen LogP contribution in [-0.2, 0) is 16.1 Å². The van der Waals surface area contributed by atoms with E-state index in [9.17, 15) is 9.59 Å².